The third-order valence-electron chi connectivity index (χ3n) is 3.89. The quantitative estimate of drug-likeness (QED) is 0.708. The number of hydrogen-bond donors (Lipinski definition) is 0. The zero-order valence-corrected chi connectivity index (χ0v) is 13.2. The minimum atomic E-state index is 0.438. The molecule has 0 saturated heterocycles. The summed E-state index contributed by atoms with van der Waals surface area (Å²) in [5.41, 5.74) is 2.40. The number of nitrogens with zero attached hydrogens (tertiary/aromatic N) is 3. The standard InChI is InChI=1S/C17H19N3S/c1-3-14(11-13-7-5-4-6-8-13)20(2)17-16-15(9-10-21-16)18-12-19-17/h4-10,12,14H,3,11H2,1-2H3/t14-/m0/s1. The van der Waals surface area contributed by atoms with Gasteiger partial charge >= 0.3 is 0 Å². The van der Waals surface area contributed by atoms with E-state index in [9.17, 15) is 0 Å². The molecule has 3 rings (SSSR count). The Kier molecular flexibility index (Phi) is 4.15. The van der Waals surface area contributed by atoms with E-state index in [4.69, 9.17) is 0 Å². The molecule has 2 heterocycles. The molecule has 21 heavy (non-hydrogen) atoms. The van der Waals surface area contributed by atoms with Crippen LogP contribution in [-0.2, 0) is 6.42 Å². The molecule has 108 valence electrons. The Morgan fingerprint density at radius 1 is 1.14 bits per heavy atom. The van der Waals surface area contributed by atoms with Crippen molar-refractivity contribution in [1.82, 2.24) is 9.97 Å². The normalized spacial score (nSPS) is 12.5. The van der Waals surface area contributed by atoms with E-state index >= 15 is 0 Å². The van der Waals surface area contributed by atoms with Crippen LogP contribution in [0.1, 0.15) is 18.9 Å². The number of anilines is 1. The highest BCUT2D eigenvalue weighted by molar-refractivity contribution is 7.17. The van der Waals surface area contributed by atoms with Crippen molar-refractivity contribution < 1.29 is 0 Å². The maximum absolute atomic E-state index is 4.51. The summed E-state index contributed by atoms with van der Waals surface area (Å²) in [7, 11) is 2.14. The van der Waals surface area contributed by atoms with Crippen LogP contribution in [0.15, 0.2) is 48.1 Å². The third-order valence-corrected chi connectivity index (χ3v) is 4.79. The van der Waals surface area contributed by atoms with Gasteiger partial charge in [0, 0.05) is 13.1 Å². The minimum Gasteiger partial charge on any atom is -0.355 e. The molecular weight excluding hydrogens is 278 g/mol. The second-order valence-corrected chi connectivity index (χ2v) is 6.11. The highest BCUT2D eigenvalue weighted by atomic mass is 32.1. The molecule has 1 aromatic carbocycles. The molecule has 0 N–H and O–H groups in total. The topological polar surface area (TPSA) is 29.0 Å². The van der Waals surface area contributed by atoms with Crippen LogP contribution in [0.3, 0.4) is 0 Å². The maximum Gasteiger partial charge on any atom is 0.150 e. The summed E-state index contributed by atoms with van der Waals surface area (Å²) in [5, 5.41) is 2.08. The second-order valence-electron chi connectivity index (χ2n) is 5.19. The fraction of sp³-hybridized carbons (Fsp3) is 0.294. The molecule has 0 fully saturated rings. The van der Waals surface area contributed by atoms with E-state index in [0.29, 0.717) is 6.04 Å². The van der Waals surface area contributed by atoms with Crippen LogP contribution in [0.2, 0.25) is 0 Å². The van der Waals surface area contributed by atoms with Crippen LogP contribution in [0.4, 0.5) is 5.82 Å². The van der Waals surface area contributed by atoms with Crippen molar-refractivity contribution in [2.75, 3.05) is 11.9 Å². The molecule has 1 atom stereocenters. The molecule has 0 aliphatic heterocycles. The van der Waals surface area contributed by atoms with Gasteiger partial charge in [-0.3, -0.25) is 0 Å². The van der Waals surface area contributed by atoms with E-state index < -0.39 is 0 Å². The summed E-state index contributed by atoms with van der Waals surface area (Å²) >= 11 is 1.71. The highest BCUT2D eigenvalue weighted by Crippen LogP contribution is 2.29. The fourth-order valence-corrected chi connectivity index (χ4v) is 3.52. The van der Waals surface area contributed by atoms with Gasteiger partial charge in [0.25, 0.3) is 0 Å². The zero-order valence-electron chi connectivity index (χ0n) is 12.4. The average Bonchev–Trinajstić information content (AvgIpc) is 3.01. The van der Waals surface area contributed by atoms with E-state index in [1.54, 1.807) is 17.7 Å². The zero-order chi connectivity index (χ0) is 14.7. The smallest absolute Gasteiger partial charge is 0.150 e. The molecule has 0 amide bonds. The van der Waals surface area contributed by atoms with Crippen LogP contribution in [-0.4, -0.2) is 23.1 Å². The Morgan fingerprint density at radius 3 is 2.71 bits per heavy atom. The first-order valence-electron chi connectivity index (χ1n) is 7.24. The Bertz CT molecular complexity index is 708. The highest BCUT2D eigenvalue weighted by Gasteiger charge is 2.18. The molecule has 0 radical (unpaired) electrons. The molecule has 0 aliphatic rings. The number of benzene rings is 1. The first-order valence-corrected chi connectivity index (χ1v) is 8.12. The molecule has 2 aromatic heterocycles. The van der Waals surface area contributed by atoms with Crippen LogP contribution in [0.25, 0.3) is 10.2 Å². The van der Waals surface area contributed by atoms with Gasteiger partial charge in [-0.1, -0.05) is 37.3 Å². The summed E-state index contributed by atoms with van der Waals surface area (Å²) in [6.45, 7) is 2.23. The van der Waals surface area contributed by atoms with Crippen LogP contribution >= 0.6 is 11.3 Å². The summed E-state index contributed by atoms with van der Waals surface area (Å²) in [5.74, 6) is 1.04. The Morgan fingerprint density at radius 2 is 1.95 bits per heavy atom. The van der Waals surface area contributed by atoms with Gasteiger partial charge in [0.15, 0.2) is 0 Å². The van der Waals surface area contributed by atoms with Gasteiger partial charge in [-0.25, -0.2) is 9.97 Å². The van der Waals surface area contributed by atoms with Crippen molar-refractivity contribution in [2.24, 2.45) is 0 Å². The number of rotatable bonds is 5. The van der Waals surface area contributed by atoms with E-state index in [1.165, 1.54) is 10.3 Å². The molecule has 3 aromatic rings. The van der Waals surface area contributed by atoms with Crippen molar-refractivity contribution in [3.05, 3.63) is 53.7 Å². The van der Waals surface area contributed by atoms with E-state index in [1.807, 2.05) is 0 Å². The number of hydrogen-bond acceptors (Lipinski definition) is 4. The van der Waals surface area contributed by atoms with Crippen molar-refractivity contribution in [2.45, 2.75) is 25.8 Å². The number of likely N-dealkylation sites (N-methyl/N-ethyl adjacent to an activating group) is 1. The number of thiophene rings is 1. The van der Waals surface area contributed by atoms with Crippen molar-refractivity contribution in [3.63, 3.8) is 0 Å². The van der Waals surface area contributed by atoms with Gasteiger partial charge in [-0.15, -0.1) is 11.3 Å². The van der Waals surface area contributed by atoms with Gasteiger partial charge < -0.3 is 4.90 Å². The van der Waals surface area contributed by atoms with Crippen molar-refractivity contribution in [3.8, 4) is 0 Å². The lowest BCUT2D eigenvalue weighted by molar-refractivity contribution is 0.602. The van der Waals surface area contributed by atoms with E-state index in [-0.39, 0.29) is 0 Å². The predicted molar refractivity (Wildman–Crippen MR) is 90.0 cm³/mol. The molecular formula is C17H19N3S. The number of fused-ring (bicyclic) bond motifs is 1. The molecule has 3 nitrogen and oxygen atoms in total. The average molecular weight is 297 g/mol. The van der Waals surface area contributed by atoms with Gasteiger partial charge in [0.2, 0.25) is 0 Å². The lowest BCUT2D eigenvalue weighted by Gasteiger charge is -2.28. The van der Waals surface area contributed by atoms with Crippen molar-refractivity contribution in [1.29, 1.82) is 0 Å². The lowest BCUT2D eigenvalue weighted by Crippen LogP contribution is -2.33. The molecule has 4 heteroatoms. The largest absolute Gasteiger partial charge is 0.355 e. The molecule has 0 unspecified atom stereocenters. The monoisotopic (exact) mass is 297 g/mol. The van der Waals surface area contributed by atoms with E-state index in [0.717, 1.165) is 24.2 Å². The molecule has 0 saturated carbocycles. The summed E-state index contributed by atoms with van der Waals surface area (Å²) in [4.78, 5) is 11.1. The molecule has 0 aliphatic carbocycles. The van der Waals surface area contributed by atoms with Gasteiger partial charge in [0.05, 0.1) is 10.2 Å². The maximum atomic E-state index is 4.51. The lowest BCUT2D eigenvalue weighted by atomic mass is 10.0. The van der Waals surface area contributed by atoms with E-state index in [2.05, 4.69) is 70.6 Å². The third kappa shape index (κ3) is 2.90. The minimum absolute atomic E-state index is 0.438. The summed E-state index contributed by atoms with van der Waals surface area (Å²) in [6.07, 6.45) is 3.78. The van der Waals surface area contributed by atoms with Crippen LogP contribution in [0.5, 0.6) is 0 Å². The SMILES string of the molecule is CC[C@@H](Cc1ccccc1)N(C)c1ncnc2ccsc12. The predicted octanol–water partition coefficient (Wildman–Crippen LogP) is 4.15. The first kappa shape index (κ1) is 14.0. The van der Waals surface area contributed by atoms with Crippen LogP contribution < -0.4 is 4.90 Å². The fourth-order valence-electron chi connectivity index (χ4n) is 2.64. The molecule has 0 bridgehead atoms. The summed E-state index contributed by atoms with van der Waals surface area (Å²) in [6, 6.07) is 13.1. The Labute approximate surface area is 129 Å². The summed E-state index contributed by atoms with van der Waals surface area (Å²) < 4.78 is 1.17. The van der Waals surface area contributed by atoms with Crippen LogP contribution in [0, 0.1) is 0 Å². The van der Waals surface area contributed by atoms with Gasteiger partial charge in [0.1, 0.15) is 12.1 Å². The Balaban J connectivity index is 1.88. The number of aromatic nitrogens is 2. The van der Waals surface area contributed by atoms with Gasteiger partial charge in [-0.2, -0.15) is 0 Å². The Hall–Kier alpha value is -1.94. The second kappa shape index (κ2) is 6.22. The van der Waals surface area contributed by atoms with Gasteiger partial charge in [-0.05, 0) is 29.9 Å². The molecule has 0 spiro atoms. The van der Waals surface area contributed by atoms with Crippen molar-refractivity contribution >= 4 is 27.4 Å². The first-order chi connectivity index (χ1) is 10.3.